The highest BCUT2D eigenvalue weighted by atomic mass is 16.5. The first-order valence-electron chi connectivity index (χ1n) is 7.14. The van der Waals surface area contributed by atoms with Crippen molar-refractivity contribution in [1.82, 2.24) is 5.32 Å². The van der Waals surface area contributed by atoms with Crippen molar-refractivity contribution in [1.29, 1.82) is 0 Å². The third kappa shape index (κ3) is 2.86. The summed E-state index contributed by atoms with van der Waals surface area (Å²) in [5.41, 5.74) is 2.66. The van der Waals surface area contributed by atoms with Gasteiger partial charge >= 0.3 is 0 Å². The maximum absolute atomic E-state index is 5.54. The maximum Gasteiger partial charge on any atom is 0.123 e. The van der Waals surface area contributed by atoms with Crippen molar-refractivity contribution in [3.05, 3.63) is 29.3 Å². The van der Waals surface area contributed by atoms with Gasteiger partial charge < -0.3 is 10.1 Å². The van der Waals surface area contributed by atoms with Gasteiger partial charge in [-0.3, -0.25) is 0 Å². The molecule has 0 heterocycles. The van der Waals surface area contributed by atoms with Crippen LogP contribution >= 0.6 is 0 Å². The van der Waals surface area contributed by atoms with Gasteiger partial charge in [-0.1, -0.05) is 31.0 Å². The van der Waals surface area contributed by atoms with Crippen LogP contribution in [0.25, 0.3) is 0 Å². The van der Waals surface area contributed by atoms with Crippen molar-refractivity contribution >= 4 is 0 Å². The zero-order valence-corrected chi connectivity index (χ0v) is 11.8. The minimum absolute atomic E-state index is 0.466. The highest BCUT2D eigenvalue weighted by Gasteiger charge is 2.29. The molecule has 1 aromatic carbocycles. The molecule has 1 saturated carbocycles. The Bertz CT molecular complexity index is 385. The Labute approximate surface area is 111 Å². The van der Waals surface area contributed by atoms with Crippen LogP contribution in [0, 0.1) is 12.8 Å². The van der Waals surface area contributed by atoms with E-state index in [-0.39, 0.29) is 0 Å². The molecule has 0 spiro atoms. The first kappa shape index (κ1) is 13.4. The van der Waals surface area contributed by atoms with Crippen LogP contribution in [0.5, 0.6) is 5.75 Å². The fourth-order valence-electron chi connectivity index (χ4n) is 2.70. The molecule has 100 valence electrons. The number of ether oxygens (including phenoxy) is 1. The van der Waals surface area contributed by atoms with Crippen molar-refractivity contribution in [3.8, 4) is 5.75 Å². The molecule has 0 aromatic heterocycles. The van der Waals surface area contributed by atoms with Crippen LogP contribution < -0.4 is 10.1 Å². The van der Waals surface area contributed by atoms with E-state index in [1.54, 1.807) is 7.11 Å². The fourth-order valence-corrected chi connectivity index (χ4v) is 2.70. The highest BCUT2D eigenvalue weighted by Crippen LogP contribution is 2.40. The van der Waals surface area contributed by atoms with E-state index >= 15 is 0 Å². The number of rotatable bonds is 6. The molecule has 1 aromatic rings. The Kier molecular flexibility index (Phi) is 4.65. The van der Waals surface area contributed by atoms with E-state index < -0.39 is 0 Å². The maximum atomic E-state index is 5.54. The van der Waals surface area contributed by atoms with Crippen LogP contribution in [0.1, 0.15) is 49.8 Å². The van der Waals surface area contributed by atoms with E-state index in [1.807, 2.05) is 0 Å². The van der Waals surface area contributed by atoms with Gasteiger partial charge in [-0.15, -0.1) is 0 Å². The third-order valence-electron chi connectivity index (χ3n) is 3.96. The second-order valence-electron chi connectivity index (χ2n) is 5.37. The summed E-state index contributed by atoms with van der Waals surface area (Å²) >= 11 is 0. The predicted octanol–water partition coefficient (Wildman–Crippen LogP) is 3.84. The van der Waals surface area contributed by atoms with Gasteiger partial charge in [-0.2, -0.15) is 0 Å². The highest BCUT2D eigenvalue weighted by molar-refractivity contribution is 5.39. The smallest absolute Gasteiger partial charge is 0.123 e. The van der Waals surface area contributed by atoms with E-state index in [4.69, 9.17) is 4.74 Å². The average Bonchev–Trinajstić information content (AvgIpc) is 2.32. The molecule has 2 nitrogen and oxygen atoms in total. The minimum Gasteiger partial charge on any atom is -0.496 e. The van der Waals surface area contributed by atoms with Crippen molar-refractivity contribution in [2.45, 2.75) is 45.6 Å². The lowest BCUT2D eigenvalue weighted by Gasteiger charge is -2.35. The Hall–Kier alpha value is -1.02. The zero-order chi connectivity index (χ0) is 13.0. The van der Waals surface area contributed by atoms with Crippen molar-refractivity contribution in [2.75, 3.05) is 13.7 Å². The Balaban J connectivity index is 2.24. The van der Waals surface area contributed by atoms with E-state index in [0.717, 1.165) is 18.2 Å². The van der Waals surface area contributed by atoms with E-state index in [1.165, 1.54) is 36.8 Å². The normalized spacial score (nSPS) is 17.3. The van der Waals surface area contributed by atoms with Gasteiger partial charge in [0.15, 0.2) is 0 Å². The topological polar surface area (TPSA) is 21.3 Å². The van der Waals surface area contributed by atoms with Gasteiger partial charge in [0, 0.05) is 11.6 Å². The number of hydrogen-bond acceptors (Lipinski definition) is 2. The number of aryl methyl sites for hydroxylation is 1. The number of methoxy groups -OCH3 is 1. The molecule has 1 aliphatic carbocycles. The summed E-state index contributed by atoms with van der Waals surface area (Å²) in [7, 11) is 1.77. The van der Waals surface area contributed by atoms with E-state index in [0.29, 0.717) is 6.04 Å². The standard InChI is InChI=1S/C16H25NO/c1-4-10-17-16(13-6-5-7-13)14-11-12(2)8-9-15(14)18-3/h8-9,11,13,16-17H,4-7,10H2,1-3H3. The SMILES string of the molecule is CCCNC(c1cc(C)ccc1OC)C1CCC1. The van der Waals surface area contributed by atoms with Crippen LogP contribution in [0.3, 0.4) is 0 Å². The van der Waals surface area contributed by atoms with E-state index in [2.05, 4.69) is 37.4 Å². The average molecular weight is 247 g/mol. The van der Waals surface area contributed by atoms with Gasteiger partial charge in [-0.05, 0) is 44.7 Å². The molecule has 0 saturated heterocycles. The molecule has 0 radical (unpaired) electrons. The van der Waals surface area contributed by atoms with Gasteiger partial charge in [0.1, 0.15) is 5.75 Å². The molecule has 1 N–H and O–H groups in total. The molecule has 1 aliphatic rings. The summed E-state index contributed by atoms with van der Waals surface area (Å²) in [4.78, 5) is 0. The van der Waals surface area contributed by atoms with Gasteiger partial charge in [0.05, 0.1) is 7.11 Å². The van der Waals surface area contributed by atoms with Crippen LogP contribution in [0.15, 0.2) is 18.2 Å². The molecule has 2 heteroatoms. The van der Waals surface area contributed by atoms with E-state index in [9.17, 15) is 0 Å². The largest absolute Gasteiger partial charge is 0.496 e. The summed E-state index contributed by atoms with van der Waals surface area (Å²) < 4.78 is 5.54. The fraction of sp³-hybridized carbons (Fsp3) is 0.625. The molecule has 1 atom stereocenters. The molecule has 1 unspecified atom stereocenters. The second-order valence-corrected chi connectivity index (χ2v) is 5.37. The monoisotopic (exact) mass is 247 g/mol. The first-order chi connectivity index (χ1) is 8.76. The van der Waals surface area contributed by atoms with Crippen molar-refractivity contribution in [3.63, 3.8) is 0 Å². The zero-order valence-electron chi connectivity index (χ0n) is 11.8. The minimum atomic E-state index is 0.466. The molecular formula is C16H25NO. The summed E-state index contributed by atoms with van der Waals surface area (Å²) in [5, 5.41) is 3.71. The van der Waals surface area contributed by atoms with Gasteiger partial charge in [0.25, 0.3) is 0 Å². The lowest BCUT2D eigenvalue weighted by atomic mass is 9.76. The molecule has 0 bridgehead atoms. The molecule has 0 amide bonds. The van der Waals surface area contributed by atoms with Crippen molar-refractivity contribution in [2.24, 2.45) is 5.92 Å². The third-order valence-corrected chi connectivity index (χ3v) is 3.96. The van der Waals surface area contributed by atoms with Crippen LogP contribution in [-0.4, -0.2) is 13.7 Å². The van der Waals surface area contributed by atoms with Crippen LogP contribution in [-0.2, 0) is 0 Å². The first-order valence-corrected chi connectivity index (χ1v) is 7.14. The number of nitrogens with one attached hydrogen (secondary N) is 1. The lowest BCUT2D eigenvalue weighted by molar-refractivity contribution is 0.227. The summed E-state index contributed by atoms with van der Waals surface area (Å²) in [5.74, 6) is 1.81. The molecule has 2 rings (SSSR count). The van der Waals surface area contributed by atoms with Gasteiger partial charge in [-0.25, -0.2) is 0 Å². The second kappa shape index (κ2) is 6.24. The quantitative estimate of drug-likeness (QED) is 0.824. The predicted molar refractivity (Wildman–Crippen MR) is 76.1 cm³/mol. The summed E-state index contributed by atoms with van der Waals surface area (Å²) in [6, 6.07) is 6.97. The number of benzene rings is 1. The molecule has 1 fully saturated rings. The summed E-state index contributed by atoms with van der Waals surface area (Å²) in [6.45, 7) is 5.46. The van der Waals surface area contributed by atoms with Crippen molar-refractivity contribution < 1.29 is 4.74 Å². The Morgan fingerprint density at radius 3 is 2.72 bits per heavy atom. The van der Waals surface area contributed by atoms with Crippen LogP contribution in [0.2, 0.25) is 0 Å². The summed E-state index contributed by atoms with van der Waals surface area (Å²) in [6.07, 6.45) is 5.25. The van der Waals surface area contributed by atoms with Crippen LogP contribution in [0.4, 0.5) is 0 Å². The molecule has 0 aliphatic heterocycles. The van der Waals surface area contributed by atoms with Gasteiger partial charge in [0.2, 0.25) is 0 Å². The Morgan fingerprint density at radius 1 is 1.39 bits per heavy atom. The number of hydrogen-bond donors (Lipinski definition) is 1. The lowest BCUT2D eigenvalue weighted by Crippen LogP contribution is -2.33. The Morgan fingerprint density at radius 2 is 2.17 bits per heavy atom. The molecular weight excluding hydrogens is 222 g/mol. The molecule has 18 heavy (non-hydrogen) atoms.